The van der Waals surface area contributed by atoms with Crippen molar-refractivity contribution in [3.8, 4) is 11.5 Å². The van der Waals surface area contributed by atoms with Crippen LogP contribution in [0.1, 0.15) is 44.6 Å². The highest BCUT2D eigenvalue weighted by Gasteiger charge is 2.46. The molecule has 0 saturated carbocycles. The summed E-state index contributed by atoms with van der Waals surface area (Å²) in [4.78, 5) is 31.4. The van der Waals surface area contributed by atoms with Gasteiger partial charge in [0.05, 0.1) is 26.2 Å². The van der Waals surface area contributed by atoms with Crippen LogP contribution in [0.15, 0.2) is 66.7 Å². The van der Waals surface area contributed by atoms with E-state index in [4.69, 9.17) is 9.47 Å². The molecule has 2 amide bonds. The Balaban J connectivity index is 1.42. The molecular weight excluding hydrogens is 466 g/mol. The first-order valence-electron chi connectivity index (χ1n) is 12.7. The van der Waals surface area contributed by atoms with Crippen molar-refractivity contribution in [2.24, 2.45) is 0 Å². The van der Waals surface area contributed by atoms with E-state index in [1.165, 1.54) is 5.56 Å². The van der Waals surface area contributed by atoms with Crippen molar-refractivity contribution in [3.05, 3.63) is 94.5 Å². The van der Waals surface area contributed by atoms with Gasteiger partial charge in [0.15, 0.2) is 11.5 Å². The Morgan fingerprint density at radius 3 is 2.46 bits per heavy atom. The number of rotatable bonds is 8. The van der Waals surface area contributed by atoms with Gasteiger partial charge < -0.3 is 24.6 Å². The lowest BCUT2D eigenvalue weighted by atomic mass is 9.75. The minimum absolute atomic E-state index is 0.0346. The number of carbonyl (C=O) groups is 2. The number of nitrogens with zero attached hydrogens (tertiary/aromatic N) is 2. The maximum absolute atomic E-state index is 13.8. The van der Waals surface area contributed by atoms with Gasteiger partial charge in [-0.1, -0.05) is 48.5 Å². The topological polar surface area (TPSA) is 71.1 Å². The summed E-state index contributed by atoms with van der Waals surface area (Å²) in [6.45, 7) is 2.58. The van der Waals surface area contributed by atoms with Gasteiger partial charge in [-0.25, -0.2) is 0 Å². The lowest BCUT2D eigenvalue weighted by Crippen LogP contribution is -2.50. The molecule has 2 heterocycles. The molecule has 0 unspecified atom stereocenters. The molecule has 0 fully saturated rings. The Morgan fingerprint density at radius 2 is 1.70 bits per heavy atom. The number of likely N-dealkylation sites (N-methyl/N-ethyl adjacent to an activating group) is 1. The molecule has 2 atom stereocenters. The Hall–Kier alpha value is -3.84. The largest absolute Gasteiger partial charge is 0.493 e. The first kappa shape index (κ1) is 24.8. The van der Waals surface area contributed by atoms with Crippen molar-refractivity contribution in [2.75, 3.05) is 40.9 Å². The van der Waals surface area contributed by atoms with Gasteiger partial charge in [0.1, 0.15) is 0 Å². The van der Waals surface area contributed by atoms with E-state index < -0.39 is 12.0 Å². The van der Waals surface area contributed by atoms with Crippen LogP contribution in [0.3, 0.4) is 0 Å². The van der Waals surface area contributed by atoms with Crippen LogP contribution < -0.4 is 14.8 Å². The van der Waals surface area contributed by atoms with Crippen LogP contribution in [0.4, 0.5) is 0 Å². The summed E-state index contributed by atoms with van der Waals surface area (Å²) in [6, 6.07) is 21.3. The number of hydrogen-bond donors (Lipinski definition) is 1. The zero-order valence-electron chi connectivity index (χ0n) is 21.6. The fraction of sp³-hybridized carbons (Fsp3) is 0.333. The van der Waals surface area contributed by atoms with Crippen molar-refractivity contribution in [3.63, 3.8) is 0 Å². The number of ether oxygens (including phenoxy) is 2. The molecule has 2 aliphatic rings. The fourth-order valence-corrected chi connectivity index (χ4v) is 5.59. The van der Waals surface area contributed by atoms with Gasteiger partial charge in [0.2, 0.25) is 5.91 Å². The zero-order valence-corrected chi connectivity index (χ0v) is 21.6. The number of hydrogen-bond acceptors (Lipinski definition) is 5. The van der Waals surface area contributed by atoms with E-state index >= 15 is 0 Å². The molecule has 5 rings (SSSR count). The molecule has 192 valence electrons. The van der Waals surface area contributed by atoms with Crippen LogP contribution in [0, 0.1) is 0 Å². The van der Waals surface area contributed by atoms with E-state index in [1.807, 2.05) is 66.5 Å². The van der Waals surface area contributed by atoms with Crippen LogP contribution in [-0.4, -0.2) is 62.5 Å². The standard InChI is InChI=1S/C30H33N3O4/c1-32(19-20-9-5-4-6-10-20)16-14-31-29(34)27-22-11-7-8-12-23(22)30(35)33-15-13-21-17-25(36-2)26(37-3)18-24(21)28(27)33/h4-12,17-18,27-28H,13-16,19H2,1-3H3,(H,31,34)/t27-,28+/m0/s1. The first-order valence-corrected chi connectivity index (χ1v) is 12.7. The number of amides is 2. The summed E-state index contributed by atoms with van der Waals surface area (Å²) in [5.74, 6) is 0.611. The monoisotopic (exact) mass is 499 g/mol. The Kier molecular flexibility index (Phi) is 7.15. The molecule has 1 N–H and O–H groups in total. The van der Waals surface area contributed by atoms with Gasteiger partial charge in [-0.15, -0.1) is 0 Å². The lowest BCUT2D eigenvalue weighted by molar-refractivity contribution is -0.124. The second kappa shape index (κ2) is 10.6. The smallest absolute Gasteiger partial charge is 0.254 e. The quantitative estimate of drug-likeness (QED) is 0.511. The Labute approximate surface area is 218 Å². The van der Waals surface area contributed by atoms with Gasteiger partial charge in [-0.05, 0) is 53.9 Å². The van der Waals surface area contributed by atoms with Crippen molar-refractivity contribution >= 4 is 11.8 Å². The number of benzene rings is 3. The first-order chi connectivity index (χ1) is 18.0. The zero-order chi connectivity index (χ0) is 25.9. The van der Waals surface area contributed by atoms with Gasteiger partial charge >= 0.3 is 0 Å². The summed E-state index contributed by atoms with van der Waals surface area (Å²) in [5, 5.41) is 3.17. The Bertz CT molecular complexity index is 1290. The number of nitrogens with one attached hydrogen (secondary N) is 1. The third-order valence-corrected chi connectivity index (χ3v) is 7.40. The third-order valence-electron chi connectivity index (χ3n) is 7.40. The minimum Gasteiger partial charge on any atom is -0.493 e. The summed E-state index contributed by atoms with van der Waals surface area (Å²) >= 11 is 0. The van der Waals surface area contributed by atoms with E-state index in [0.29, 0.717) is 43.1 Å². The van der Waals surface area contributed by atoms with Crippen LogP contribution in [0.25, 0.3) is 0 Å². The molecule has 3 aromatic carbocycles. The summed E-state index contributed by atoms with van der Waals surface area (Å²) in [6.07, 6.45) is 0.693. The SMILES string of the molecule is COc1cc2c(cc1OC)[C@@H]1[C@@H](C(=O)NCCN(C)Cc3ccccc3)c3ccccc3C(=O)N1CC2. The van der Waals surface area contributed by atoms with Crippen LogP contribution in [-0.2, 0) is 17.8 Å². The second-order valence-corrected chi connectivity index (χ2v) is 9.68. The van der Waals surface area contributed by atoms with Crippen molar-refractivity contribution in [1.29, 1.82) is 0 Å². The molecule has 7 nitrogen and oxygen atoms in total. The van der Waals surface area contributed by atoms with Gasteiger partial charge in [-0.3, -0.25) is 9.59 Å². The molecule has 37 heavy (non-hydrogen) atoms. The maximum Gasteiger partial charge on any atom is 0.254 e. The lowest BCUT2D eigenvalue weighted by Gasteiger charge is -2.45. The van der Waals surface area contributed by atoms with Crippen molar-refractivity contribution in [2.45, 2.75) is 24.9 Å². The minimum atomic E-state index is -0.523. The second-order valence-electron chi connectivity index (χ2n) is 9.68. The Morgan fingerprint density at radius 1 is 1.00 bits per heavy atom. The van der Waals surface area contributed by atoms with E-state index in [-0.39, 0.29) is 11.8 Å². The molecule has 0 spiro atoms. The molecule has 0 radical (unpaired) electrons. The highest BCUT2D eigenvalue weighted by atomic mass is 16.5. The molecule has 0 aliphatic carbocycles. The van der Waals surface area contributed by atoms with Crippen LogP contribution in [0.5, 0.6) is 11.5 Å². The van der Waals surface area contributed by atoms with E-state index in [9.17, 15) is 9.59 Å². The van der Waals surface area contributed by atoms with Gasteiger partial charge in [-0.2, -0.15) is 0 Å². The van der Waals surface area contributed by atoms with E-state index in [0.717, 1.165) is 23.2 Å². The average Bonchev–Trinajstić information content (AvgIpc) is 2.92. The molecule has 0 aromatic heterocycles. The van der Waals surface area contributed by atoms with E-state index in [1.54, 1.807) is 14.2 Å². The third kappa shape index (κ3) is 4.79. The molecule has 7 heteroatoms. The number of carbonyl (C=O) groups excluding carboxylic acids is 2. The van der Waals surface area contributed by atoms with Crippen LogP contribution >= 0.6 is 0 Å². The van der Waals surface area contributed by atoms with E-state index in [2.05, 4.69) is 22.3 Å². The summed E-state index contributed by atoms with van der Waals surface area (Å²) < 4.78 is 11.1. The van der Waals surface area contributed by atoms with Gasteiger partial charge in [0, 0.05) is 31.7 Å². The highest BCUT2D eigenvalue weighted by molar-refractivity contribution is 6.01. The molecule has 2 aliphatic heterocycles. The van der Waals surface area contributed by atoms with Crippen LogP contribution in [0.2, 0.25) is 0 Å². The van der Waals surface area contributed by atoms with Gasteiger partial charge in [0.25, 0.3) is 5.91 Å². The summed E-state index contributed by atoms with van der Waals surface area (Å²) in [5.41, 5.74) is 4.62. The van der Waals surface area contributed by atoms with Crippen molar-refractivity contribution < 1.29 is 19.1 Å². The van der Waals surface area contributed by atoms with Crippen molar-refractivity contribution in [1.82, 2.24) is 15.1 Å². The predicted octanol–water partition coefficient (Wildman–Crippen LogP) is 3.79. The number of fused-ring (bicyclic) bond motifs is 4. The fourth-order valence-electron chi connectivity index (χ4n) is 5.59. The predicted molar refractivity (Wildman–Crippen MR) is 142 cm³/mol. The summed E-state index contributed by atoms with van der Waals surface area (Å²) in [7, 11) is 5.26. The average molecular weight is 500 g/mol. The molecule has 3 aromatic rings. The molecular formula is C30H33N3O4. The highest BCUT2D eigenvalue weighted by Crippen LogP contribution is 2.48. The molecule has 0 bridgehead atoms. The maximum atomic E-state index is 13.8. The molecule has 0 saturated heterocycles. The normalized spacial score (nSPS) is 18.1. The number of methoxy groups -OCH3 is 2.